The molecule has 36 heavy (non-hydrogen) atoms. The SMILES string of the molecule is COc1cc(/C=C/c2ccc(NC(=O)CCCCNP(=O)(OC(C)C)OC(C)C)cc2)cc(OC)c1. The van der Waals surface area contributed by atoms with Crippen molar-refractivity contribution in [2.45, 2.75) is 59.2 Å². The van der Waals surface area contributed by atoms with Crippen molar-refractivity contribution in [3.8, 4) is 11.5 Å². The fourth-order valence-corrected chi connectivity index (χ4v) is 5.04. The van der Waals surface area contributed by atoms with Crippen LogP contribution in [0.2, 0.25) is 0 Å². The minimum Gasteiger partial charge on any atom is -0.497 e. The van der Waals surface area contributed by atoms with E-state index in [-0.39, 0.29) is 18.1 Å². The molecule has 0 aromatic heterocycles. The van der Waals surface area contributed by atoms with Gasteiger partial charge in [-0.25, -0.2) is 9.65 Å². The Morgan fingerprint density at radius 2 is 1.42 bits per heavy atom. The molecule has 2 aromatic rings. The smallest absolute Gasteiger partial charge is 0.406 e. The molecule has 2 aromatic carbocycles. The molecule has 0 radical (unpaired) electrons. The average molecular weight is 519 g/mol. The first-order chi connectivity index (χ1) is 17.1. The van der Waals surface area contributed by atoms with Crippen molar-refractivity contribution < 1.29 is 27.9 Å². The fraction of sp³-hybridized carbons (Fsp3) is 0.444. The highest BCUT2D eigenvalue weighted by Crippen LogP contribution is 2.46. The number of carbonyl (C=O) groups excluding carboxylic acids is 1. The molecule has 198 valence electrons. The molecule has 8 nitrogen and oxygen atoms in total. The zero-order valence-electron chi connectivity index (χ0n) is 22.1. The van der Waals surface area contributed by atoms with Crippen LogP contribution < -0.4 is 19.9 Å². The lowest BCUT2D eigenvalue weighted by Gasteiger charge is -2.23. The van der Waals surface area contributed by atoms with Gasteiger partial charge in [-0.1, -0.05) is 24.3 Å². The standard InChI is InChI=1S/C27H39N2O6P/c1-20(2)34-36(31,35-21(3)4)28-16-8-7-9-27(30)29-24-14-12-22(13-15-24)10-11-23-17-25(32-5)19-26(18-23)33-6/h10-15,17-21H,7-9,16H2,1-6H3,(H,28,31)(H,29,30)/b11-10+. The Labute approximate surface area is 215 Å². The van der Waals surface area contributed by atoms with E-state index in [0.717, 1.165) is 28.3 Å². The van der Waals surface area contributed by atoms with Gasteiger partial charge in [0.1, 0.15) is 11.5 Å². The van der Waals surface area contributed by atoms with Crippen molar-refractivity contribution in [3.63, 3.8) is 0 Å². The predicted molar refractivity (Wildman–Crippen MR) is 145 cm³/mol. The van der Waals surface area contributed by atoms with E-state index >= 15 is 0 Å². The molecule has 0 saturated heterocycles. The molecule has 2 rings (SSSR count). The number of anilines is 1. The summed E-state index contributed by atoms with van der Waals surface area (Å²) in [4.78, 5) is 12.3. The topological polar surface area (TPSA) is 95.1 Å². The second-order valence-electron chi connectivity index (χ2n) is 8.82. The van der Waals surface area contributed by atoms with E-state index < -0.39 is 7.75 Å². The Bertz CT molecular complexity index is 1000. The van der Waals surface area contributed by atoms with Crippen molar-refractivity contribution in [3.05, 3.63) is 53.6 Å². The molecule has 9 heteroatoms. The van der Waals surface area contributed by atoms with Gasteiger partial charge in [0.25, 0.3) is 0 Å². The summed E-state index contributed by atoms with van der Waals surface area (Å²) in [6, 6.07) is 13.3. The summed E-state index contributed by atoms with van der Waals surface area (Å²) >= 11 is 0. The number of ether oxygens (including phenoxy) is 2. The lowest BCUT2D eigenvalue weighted by molar-refractivity contribution is -0.116. The minimum absolute atomic E-state index is 0.0678. The van der Waals surface area contributed by atoms with Gasteiger partial charge in [-0.2, -0.15) is 0 Å². The van der Waals surface area contributed by atoms with E-state index in [9.17, 15) is 9.36 Å². The van der Waals surface area contributed by atoms with Gasteiger partial charge < -0.3 is 14.8 Å². The Balaban J connectivity index is 1.79. The Morgan fingerprint density at radius 3 is 1.94 bits per heavy atom. The number of methoxy groups -OCH3 is 2. The van der Waals surface area contributed by atoms with Crippen LogP contribution >= 0.6 is 7.75 Å². The highest BCUT2D eigenvalue weighted by Gasteiger charge is 2.26. The van der Waals surface area contributed by atoms with Gasteiger partial charge in [0.15, 0.2) is 0 Å². The van der Waals surface area contributed by atoms with Gasteiger partial charge in [0.05, 0.1) is 26.4 Å². The first kappa shape index (κ1) is 29.6. The van der Waals surface area contributed by atoms with Crippen LogP contribution in [0, 0.1) is 0 Å². The highest BCUT2D eigenvalue weighted by molar-refractivity contribution is 7.51. The van der Waals surface area contributed by atoms with Crippen molar-refractivity contribution in [2.75, 3.05) is 26.1 Å². The van der Waals surface area contributed by atoms with E-state index in [1.54, 1.807) is 14.2 Å². The summed E-state index contributed by atoms with van der Waals surface area (Å²) in [6.45, 7) is 7.67. The maximum Gasteiger partial charge on any atom is 0.406 e. The summed E-state index contributed by atoms with van der Waals surface area (Å²) in [6.07, 6.45) is 5.19. The van der Waals surface area contributed by atoms with Crippen molar-refractivity contribution in [2.24, 2.45) is 0 Å². The lowest BCUT2D eigenvalue weighted by atomic mass is 10.1. The third kappa shape index (κ3) is 11.0. The van der Waals surface area contributed by atoms with Gasteiger partial charge in [0.2, 0.25) is 5.91 Å². The molecule has 0 fully saturated rings. The molecular weight excluding hydrogens is 479 g/mol. The summed E-state index contributed by atoms with van der Waals surface area (Å²) in [5.74, 6) is 1.39. The molecule has 0 atom stereocenters. The first-order valence-electron chi connectivity index (χ1n) is 12.2. The van der Waals surface area contributed by atoms with Crippen LogP contribution in [0.4, 0.5) is 5.69 Å². The van der Waals surface area contributed by atoms with E-state index in [1.807, 2.05) is 82.3 Å². The van der Waals surface area contributed by atoms with Crippen LogP contribution in [0.3, 0.4) is 0 Å². The molecule has 0 spiro atoms. The number of nitrogens with one attached hydrogen (secondary N) is 2. The average Bonchev–Trinajstić information content (AvgIpc) is 2.82. The summed E-state index contributed by atoms with van der Waals surface area (Å²) < 4.78 is 34.3. The molecule has 1 amide bonds. The van der Waals surface area contributed by atoms with Crippen LogP contribution in [0.25, 0.3) is 12.2 Å². The molecule has 2 N–H and O–H groups in total. The number of carbonyl (C=O) groups is 1. The van der Waals surface area contributed by atoms with E-state index in [0.29, 0.717) is 25.8 Å². The Kier molecular flexibility index (Phi) is 12.2. The fourth-order valence-electron chi connectivity index (χ4n) is 3.30. The maximum atomic E-state index is 12.7. The first-order valence-corrected chi connectivity index (χ1v) is 13.7. The van der Waals surface area contributed by atoms with Crippen molar-refractivity contribution in [1.82, 2.24) is 5.09 Å². The highest BCUT2D eigenvalue weighted by atomic mass is 31.2. The molecule has 0 aliphatic carbocycles. The van der Waals surface area contributed by atoms with E-state index in [4.69, 9.17) is 18.5 Å². The number of unbranched alkanes of at least 4 members (excludes halogenated alkanes) is 1. The van der Waals surface area contributed by atoms with Crippen LogP contribution in [-0.2, 0) is 18.4 Å². The van der Waals surface area contributed by atoms with Crippen LogP contribution in [0.15, 0.2) is 42.5 Å². The minimum atomic E-state index is -3.36. The summed E-state index contributed by atoms with van der Waals surface area (Å²) in [5.41, 5.74) is 2.69. The Hall–Kier alpha value is -2.64. The number of rotatable bonds is 15. The second kappa shape index (κ2) is 14.8. The lowest BCUT2D eigenvalue weighted by Crippen LogP contribution is -2.21. The summed E-state index contributed by atoms with van der Waals surface area (Å²) in [5, 5.41) is 5.80. The van der Waals surface area contributed by atoms with E-state index in [1.165, 1.54) is 0 Å². The van der Waals surface area contributed by atoms with Crippen LogP contribution in [-0.4, -0.2) is 38.9 Å². The van der Waals surface area contributed by atoms with Gasteiger partial charge >= 0.3 is 7.75 Å². The van der Waals surface area contributed by atoms with Crippen LogP contribution in [0.5, 0.6) is 11.5 Å². The van der Waals surface area contributed by atoms with Crippen molar-refractivity contribution in [1.29, 1.82) is 0 Å². The van der Waals surface area contributed by atoms with Crippen molar-refractivity contribution >= 4 is 31.5 Å². The zero-order chi connectivity index (χ0) is 26.6. The van der Waals surface area contributed by atoms with Gasteiger partial charge in [-0.15, -0.1) is 0 Å². The molecule has 0 bridgehead atoms. The molecule has 0 unspecified atom stereocenters. The largest absolute Gasteiger partial charge is 0.497 e. The van der Waals surface area contributed by atoms with Crippen LogP contribution in [0.1, 0.15) is 58.1 Å². The summed E-state index contributed by atoms with van der Waals surface area (Å²) in [7, 11) is -0.115. The third-order valence-corrected chi connectivity index (χ3v) is 6.88. The molecular formula is C27H39N2O6P. The zero-order valence-corrected chi connectivity index (χ0v) is 23.0. The monoisotopic (exact) mass is 518 g/mol. The molecule has 0 heterocycles. The number of hydrogen-bond donors (Lipinski definition) is 2. The normalized spacial score (nSPS) is 11.9. The molecule has 0 aliphatic rings. The Morgan fingerprint density at radius 1 is 0.861 bits per heavy atom. The quantitative estimate of drug-likeness (QED) is 0.157. The third-order valence-electron chi connectivity index (χ3n) is 4.87. The number of hydrogen-bond acceptors (Lipinski definition) is 6. The number of benzene rings is 2. The second-order valence-corrected chi connectivity index (χ2v) is 10.6. The van der Waals surface area contributed by atoms with Gasteiger partial charge in [-0.3, -0.25) is 13.8 Å². The van der Waals surface area contributed by atoms with E-state index in [2.05, 4.69) is 10.4 Å². The predicted octanol–water partition coefficient (Wildman–Crippen LogP) is 6.53. The maximum absolute atomic E-state index is 12.7. The molecule has 0 aliphatic heterocycles. The number of amides is 1. The molecule has 0 saturated carbocycles. The van der Waals surface area contributed by atoms with Gasteiger partial charge in [0, 0.05) is 24.7 Å². The van der Waals surface area contributed by atoms with Gasteiger partial charge in [-0.05, 0) is 75.9 Å².